The first-order valence-electron chi connectivity index (χ1n) is 15.7. The first kappa shape index (κ1) is 12.5. The number of likely N-dealkylation sites (N-methyl/N-ethyl adjacent to an activating group) is 1. The van der Waals surface area contributed by atoms with Crippen molar-refractivity contribution in [2.45, 2.75) is 20.3 Å². The highest BCUT2D eigenvalue weighted by Gasteiger charge is 2.16. The summed E-state index contributed by atoms with van der Waals surface area (Å²) in [5.41, 5.74) is -2.17. The zero-order chi connectivity index (χ0) is 34.3. The smallest absolute Gasteiger partial charge is 0.159 e. The van der Waals surface area contributed by atoms with Gasteiger partial charge in [0.1, 0.15) is 17.6 Å². The minimum atomic E-state index is -2.94. The van der Waals surface area contributed by atoms with Crippen molar-refractivity contribution in [1.29, 1.82) is 5.26 Å². The number of rotatable bonds is 9. The summed E-state index contributed by atoms with van der Waals surface area (Å²) in [5, 5.41) is 12.2. The van der Waals surface area contributed by atoms with Gasteiger partial charge in [-0.3, -0.25) is 9.78 Å². The molecule has 0 unspecified atom stereocenters. The third-order valence-electron chi connectivity index (χ3n) is 4.20. The second-order valence-corrected chi connectivity index (χ2v) is 6.72. The van der Waals surface area contributed by atoms with Crippen LogP contribution in [0.1, 0.15) is 40.1 Å². The van der Waals surface area contributed by atoms with E-state index >= 15 is 0 Å². The van der Waals surface area contributed by atoms with Crippen LogP contribution in [-0.2, 0) is 11.2 Å². The van der Waals surface area contributed by atoms with Gasteiger partial charge in [-0.25, -0.2) is 4.39 Å². The SMILES string of the molecule is [2H]/C(=C\C(=O)Cc1c(OCC)c([2H])c2nc([2H])c(C#N)c(Nc3c([2H])c([2H])c(F)c(C)c3[2H])c2c1[2H])C([2H])([2H])N(C)C([2H])([2H])[2H]. The summed E-state index contributed by atoms with van der Waals surface area (Å²) in [6.45, 7) is -3.13. The number of aromatic nitrogens is 1. The van der Waals surface area contributed by atoms with Crippen molar-refractivity contribution in [1.82, 2.24) is 9.88 Å². The lowest BCUT2D eigenvalue weighted by molar-refractivity contribution is -0.114. The lowest BCUT2D eigenvalue weighted by Crippen LogP contribution is -2.11. The molecule has 0 atom stereocenters. The highest BCUT2D eigenvalue weighted by atomic mass is 19.1. The van der Waals surface area contributed by atoms with E-state index in [9.17, 15) is 14.4 Å². The molecule has 170 valence electrons. The van der Waals surface area contributed by atoms with Crippen LogP contribution in [0.4, 0.5) is 15.8 Å². The Morgan fingerprint density at radius 1 is 1.48 bits per heavy atom. The Morgan fingerprint density at radius 3 is 3.03 bits per heavy atom. The van der Waals surface area contributed by atoms with Gasteiger partial charge in [0.15, 0.2) is 5.78 Å². The fraction of sp³-hybridized carbons (Fsp3) is 0.269. The molecule has 7 heteroatoms. The molecule has 0 amide bonds. The van der Waals surface area contributed by atoms with Crippen LogP contribution in [0.3, 0.4) is 0 Å². The number of allylic oxidation sites excluding steroid dienone is 1. The van der Waals surface area contributed by atoms with Crippen LogP contribution in [0.25, 0.3) is 10.9 Å². The molecule has 0 saturated heterocycles. The molecule has 33 heavy (non-hydrogen) atoms. The molecule has 2 aromatic carbocycles. The van der Waals surface area contributed by atoms with E-state index in [0.717, 1.165) is 7.05 Å². The number of halogens is 1. The molecule has 6 nitrogen and oxygen atoms in total. The molecule has 0 saturated carbocycles. The van der Waals surface area contributed by atoms with E-state index in [1.807, 2.05) is 0 Å². The standard InChI is InChI=1S/C26H27FN4O2/c1-5-33-25-14-24-22(13-18(25)12-21(32)7-6-10-31(3)4)26(19(15-28)16-29-24)30-20-8-9-23(27)17(2)11-20/h6-9,11,13-14,16H,5,10,12H2,1-4H3,(H,29,30)/b7-6+/i3D3,6D,8D,9D,10D2,11D,13D,14D,16D. The van der Waals surface area contributed by atoms with E-state index < -0.39 is 85.2 Å². The number of hydrogen-bond donors (Lipinski definition) is 1. The van der Waals surface area contributed by atoms with Crippen LogP contribution in [0.15, 0.2) is 48.5 Å². The van der Waals surface area contributed by atoms with Crippen LogP contribution < -0.4 is 10.1 Å². The molecule has 0 aliphatic carbocycles. The zero-order valence-electron chi connectivity index (χ0n) is 30.0. The van der Waals surface area contributed by atoms with Crippen molar-refractivity contribution < 1.29 is 30.4 Å². The molecule has 1 aromatic heterocycles. The molecule has 3 aromatic rings. The quantitative estimate of drug-likeness (QED) is 0.458. The van der Waals surface area contributed by atoms with E-state index in [2.05, 4.69) is 10.3 Å². The molecule has 0 bridgehead atoms. The molecular weight excluding hydrogens is 419 g/mol. The summed E-state index contributed by atoms with van der Waals surface area (Å²) >= 11 is 0. The summed E-state index contributed by atoms with van der Waals surface area (Å²) in [6, 6.07) is -2.46. The second kappa shape index (κ2) is 10.7. The Balaban J connectivity index is 2.34. The monoisotopic (exact) mass is 458 g/mol. The average Bonchev–Trinajstić information content (AvgIpc) is 2.96. The number of anilines is 2. The molecule has 1 N–H and O–H groups in total. The normalized spacial score (nSPS) is 17.5. The highest BCUT2D eigenvalue weighted by molar-refractivity contribution is 5.98. The van der Waals surface area contributed by atoms with Gasteiger partial charge in [-0.15, -0.1) is 0 Å². The summed E-state index contributed by atoms with van der Waals surface area (Å²) in [6.07, 6.45) is -0.862. The third kappa shape index (κ3) is 5.93. The molecule has 1 heterocycles. The van der Waals surface area contributed by atoms with Crippen molar-refractivity contribution in [3.05, 3.63) is 71.0 Å². The number of nitriles is 1. The molecule has 0 aliphatic rings. The van der Waals surface area contributed by atoms with Gasteiger partial charge in [0.05, 0.1) is 33.0 Å². The number of carbonyl (C=O) groups is 1. The minimum absolute atomic E-state index is 0.0515. The minimum Gasteiger partial charge on any atom is -0.494 e. The maximum absolute atomic E-state index is 14.4. The average molecular weight is 459 g/mol. The fourth-order valence-corrected chi connectivity index (χ4v) is 2.77. The van der Waals surface area contributed by atoms with Crippen LogP contribution in [0, 0.1) is 24.1 Å². The van der Waals surface area contributed by atoms with E-state index in [1.54, 1.807) is 13.0 Å². The lowest BCUT2D eigenvalue weighted by atomic mass is 10.0. The van der Waals surface area contributed by atoms with Crippen LogP contribution in [0.2, 0.25) is 0 Å². The number of pyridine rings is 1. The third-order valence-corrected chi connectivity index (χ3v) is 4.20. The van der Waals surface area contributed by atoms with Gasteiger partial charge >= 0.3 is 0 Å². The summed E-state index contributed by atoms with van der Waals surface area (Å²) in [5.74, 6) is -2.38. The van der Waals surface area contributed by atoms with Gasteiger partial charge < -0.3 is 15.0 Å². The van der Waals surface area contributed by atoms with Crippen molar-refractivity contribution in [3.63, 3.8) is 0 Å². The Kier molecular flexibility index (Phi) is 4.05. The van der Waals surface area contributed by atoms with Crippen LogP contribution >= 0.6 is 0 Å². The molecule has 0 fully saturated rings. The molecule has 0 radical (unpaired) electrons. The van der Waals surface area contributed by atoms with Gasteiger partial charge in [-0.2, -0.15) is 5.26 Å². The predicted molar refractivity (Wildman–Crippen MR) is 128 cm³/mol. The Bertz CT molecular complexity index is 1760. The topological polar surface area (TPSA) is 78.2 Å². The molecular formula is C26H27FN4O2. The fourth-order valence-electron chi connectivity index (χ4n) is 2.77. The van der Waals surface area contributed by atoms with Gasteiger partial charge in [0, 0.05) is 48.6 Å². The number of nitrogens with zero attached hydrogens (tertiary/aromatic N) is 3. The van der Waals surface area contributed by atoms with Crippen molar-refractivity contribution >= 4 is 28.1 Å². The number of carbonyl (C=O) groups excluding carboxylic acids is 1. The lowest BCUT2D eigenvalue weighted by Gasteiger charge is -2.15. The van der Waals surface area contributed by atoms with Gasteiger partial charge in [0.25, 0.3) is 0 Å². The number of ether oxygens (including phenoxy) is 1. The Morgan fingerprint density at radius 2 is 2.30 bits per heavy atom. The van der Waals surface area contributed by atoms with Crippen molar-refractivity contribution in [3.8, 4) is 11.8 Å². The van der Waals surface area contributed by atoms with Crippen molar-refractivity contribution in [2.24, 2.45) is 0 Å². The molecule has 0 spiro atoms. The molecule has 0 aliphatic heterocycles. The van der Waals surface area contributed by atoms with Gasteiger partial charge in [0.2, 0.25) is 0 Å². The predicted octanol–water partition coefficient (Wildman–Crippen LogP) is 4.93. The largest absolute Gasteiger partial charge is 0.494 e. The Hall–Kier alpha value is -3.76. The Labute approximate surface area is 210 Å². The van der Waals surface area contributed by atoms with E-state index in [4.69, 9.17) is 21.2 Å². The van der Waals surface area contributed by atoms with Crippen molar-refractivity contribution in [2.75, 3.05) is 32.4 Å². The first-order chi connectivity index (χ1) is 20.7. The van der Waals surface area contributed by atoms with Gasteiger partial charge in [-0.1, -0.05) is 6.05 Å². The molecule has 3 rings (SSSR count). The van der Waals surface area contributed by atoms with Crippen LogP contribution in [-0.4, -0.2) is 42.8 Å². The zero-order valence-corrected chi connectivity index (χ0v) is 18.0. The van der Waals surface area contributed by atoms with E-state index in [1.165, 1.54) is 6.92 Å². The number of ketones is 1. The van der Waals surface area contributed by atoms with E-state index in [0.29, 0.717) is 6.08 Å². The highest BCUT2D eigenvalue weighted by Crippen LogP contribution is 2.34. The number of hydrogen-bond acceptors (Lipinski definition) is 6. The summed E-state index contributed by atoms with van der Waals surface area (Å²) in [7, 11) is 0.913. The van der Waals surface area contributed by atoms with Gasteiger partial charge in [-0.05, 0) is 63.7 Å². The maximum atomic E-state index is 14.4. The summed E-state index contributed by atoms with van der Waals surface area (Å²) < 4.78 is 117. The van der Waals surface area contributed by atoms with Crippen LogP contribution in [0.5, 0.6) is 5.75 Å². The number of fused-ring (bicyclic) bond motifs is 1. The summed E-state index contributed by atoms with van der Waals surface area (Å²) in [4.78, 5) is 17.4. The number of nitrogens with one attached hydrogen (secondary N) is 1. The van der Waals surface area contributed by atoms with E-state index in [-0.39, 0.29) is 45.0 Å². The maximum Gasteiger partial charge on any atom is 0.159 e. The first-order valence-corrected chi connectivity index (χ1v) is 9.69. The number of benzene rings is 2. The second-order valence-electron chi connectivity index (χ2n) is 6.72.